The number of ether oxygens (including phenoxy) is 1. The first kappa shape index (κ1) is 24.8. The van der Waals surface area contributed by atoms with Gasteiger partial charge in [-0.25, -0.2) is 26.4 Å². The van der Waals surface area contributed by atoms with Crippen LogP contribution in [0.1, 0.15) is 23.3 Å². The molecule has 0 aliphatic rings. The van der Waals surface area contributed by atoms with Gasteiger partial charge in [0.15, 0.2) is 9.84 Å². The summed E-state index contributed by atoms with van der Waals surface area (Å²) in [6.45, 7) is 0.953. The van der Waals surface area contributed by atoms with Crippen molar-refractivity contribution < 1.29 is 31.1 Å². The van der Waals surface area contributed by atoms with Crippen molar-refractivity contribution in [2.45, 2.75) is 17.1 Å². The summed E-state index contributed by atoms with van der Waals surface area (Å²) in [5.74, 6) is -3.48. The first-order valence-corrected chi connectivity index (χ1v) is 11.5. The first-order valence-electron chi connectivity index (χ1n) is 10.00. The molecular formula is C24H19F3N2O4S. The topological polar surface area (TPSA) is 96.3 Å². The molecule has 10 heteroatoms. The summed E-state index contributed by atoms with van der Waals surface area (Å²) in [6.07, 6.45) is -0.908. The Morgan fingerprint density at radius 1 is 1.00 bits per heavy atom. The van der Waals surface area contributed by atoms with E-state index in [9.17, 15) is 26.4 Å². The molecule has 1 N–H and O–H groups in total. The van der Waals surface area contributed by atoms with E-state index in [1.54, 1.807) is 0 Å². The first-order chi connectivity index (χ1) is 16.1. The van der Waals surface area contributed by atoms with Gasteiger partial charge in [0.2, 0.25) is 0 Å². The predicted molar refractivity (Wildman–Crippen MR) is 118 cm³/mol. The summed E-state index contributed by atoms with van der Waals surface area (Å²) >= 11 is 0. The van der Waals surface area contributed by atoms with Gasteiger partial charge in [0, 0.05) is 17.2 Å². The zero-order valence-electron chi connectivity index (χ0n) is 17.8. The summed E-state index contributed by atoms with van der Waals surface area (Å²) in [7, 11) is -4.34. The van der Waals surface area contributed by atoms with Gasteiger partial charge in [0.25, 0.3) is 0 Å². The normalized spacial score (nSPS) is 12.9. The van der Waals surface area contributed by atoms with Crippen molar-refractivity contribution >= 4 is 21.6 Å². The van der Waals surface area contributed by atoms with Crippen LogP contribution < -0.4 is 5.32 Å². The van der Waals surface area contributed by atoms with Gasteiger partial charge in [-0.1, -0.05) is 6.92 Å². The predicted octanol–water partition coefficient (Wildman–Crippen LogP) is 5.38. The van der Waals surface area contributed by atoms with Crippen LogP contribution in [0.15, 0.2) is 71.6 Å². The second kappa shape index (κ2) is 10.4. The van der Waals surface area contributed by atoms with Crippen LogP contribution in [0.5, 0.6) is 0 Å². The van der Waals surface area contributed by atoms with Gasteiger partial charge in [-0.05, 0) is 66.7 Å². The maximum absolute atomic E-state index is 14.6. The molecule has 0 radical (unpaired) electrons. The number of anilines is 1. The van der Waals surface area contributed by atoms with Gasteiger partial charge in [-0.3, -0.25) is 5.32 Å². The maximum Gasteiger partial charge on any atom is 0.411 e. The standard InChI is InChI=1S/C24H19F3N2O4S/c1-15(14-33-24(30)29-19-7-2-16(13-28)3-8-19)23(21-12-18(26)6-11-22(21)27)34(31,32)20-9-4-17(25)5-10-20/h2-12,15,23H,14H2,1H3,(H,29,30)/t15-,23+/m1/s1. The fraction of sp³-hybridized carbons (Fsp3) is 0.167. The number of nitrogens with zero attached hydrogens (tertiary/aromatic N) is 1. The molecule has 3 rings (SSSR count). The Morgan fingerprint density at radius 3 is 2.24 bits per heavy atom. The summed E-state index contributed by atoms with van der Waals surface area (Å²) in [5, 5.41) is 9.62. The lowest BCUT2D eigenvalue weighted by Gasteiger charge is -2.25. The highest BCUT2D eigenvalue weighted by Crippen LogP contribution is 2.37. The fourth-order valence-corrected chi connectivity index (χ4v) is 5.37. The smallest absolute Gasteiger partial charge is 0.411 e. The molecule has 0 aliphatic heterocycles. The van der Waals surface area contributed by atoms with E-state index < -0.39 is 56.7 Å². The quantitative estimate of drug-likeness (QED) is 0.451. The monoisotopic (exact) mass is 488 g/mol. The highest BCUT2D eigenvalue weighted by Gasteiger charge is 2.37. The van der Waals surface area contributed by atoms with Crippen LogP contribution in [0.3, 0.4) is 0 Å². The number of carbonyl (C=O) groups excluding carboxylic acids is 1. The lowest BCUT2D eigenvalue weighted by atomic mass is 10.0. The highest BCUT2D eigenvalue weighted by molar-refractivity contribution is 7.91. The Labute approximate surface area is 194 Å². The lowest BCUT2D eigenvalue weighted by Crippen LogP contribution is -2.27. The number of benzene rings is 3. The molecule has 3 aromatic carbocycles. The molecule has 0 bridgehead atoms. The number of rotatable bonds is 7. The molecular weight excluding hydrogens is 469 g/mol. The average Bonchev–Trinajstić information content (AvgIpc) is 2.81. The summed E-state index contributed by atoms with van der Waals surface area (Å²) in [5.41, 5.74) is 0.287. The van der Waals surface area contributed by atoms with Gasteiger partial charge >= 0.3 is 6.09 Å². The number of carbonyl (C=O) groups is 1. The van der Waals surface area contributed by atoms with E-state index in [2.05, 4.69) is 5.32 Å². The van der Waals surface area contributed by atoms with E-state index in [-0.39, 0.29) is 4.90 Å². The molecule has 0 saturated heterocycles. The largest absolute Gasteiger partial charge is 0.449 e. The molecule has 0 aliphatic carbocycles. The van der Waals surface area contributed by atoms with Crippen molar-refractivity contribution in [1.29, 1.82) is 5.26 Å². The molecule has 2 atom stereocenters. The lowest BCUT2D eigenvalue weighted by molar-refractivity contribution is 0.142. The third-order valence-corrected chi connectivity index (χ3v) is 7.31. The minimum absolute atomic E-state index is 0.295. The molecule has 0 aromatic heterocycles. The van der Waals surface area contributed by atoms with E-state index >= 15 is 0 Å². The summed E-state index contributed by atoms with van der Waals surface area (Å²) in [6, 6.07) is 14.2. The number of amides is 1. The van der Waals surface area contributed by atoms with Crippen LogP contribution in [0.4, 0.5) is 23.7 Å². The molecule has 0 saturated carbocycles. The van der Waals surface area contributed by atoms with Crippen LogP contribution in [-0.2, 0) is 14.6 Å². The Morgan fingerprint density at radius 2 is 1.62 bits per heavy atom. The van der Waals surface area contributed by atoms with Gasteiger partial charge in [0.1, 0.15) is 17.5 Å². The Hall–Kier alpha value is -3.84. The van der Waals surface area contributed by atoms with Gasteiger partial charge in [-0.2, -0.15) is 5.26 Å². The van der Waals surface area contributed by atoms with E-state index in [0.717, 1.165) is 42.5 Å². The van der Waals surface area contributed by atoms with Gasteiger partial charge < -0.3 is 4.74 Å². The molecule has 3 aromatic rings. The molecule has 34 heavy (non-hydrogen) atoms. The van der Waals surface area contributed by atoms with Gasteiger partial charge in [-0.15, -0.1) is 0 Å². The van der Waals surface area contributed by atoms with Crippen molar-refractivity contribution in [3.63, 3.8) is 0 Å². The Balaban J connectivity index is 1.85. The Bertz CT molecular complexity index is 1320. The third-order valence-electron chi connectivity index (χ3n) is 5.00. The van der Waals surface area contributed by atoms with E-state index in [1.165, 1.54) is 31.2 Å². The van der Waals surface area contributed by atoms with Crippen LogP contribution >= 0.6 is 0 Å². The molecule has 0 heterocycles. The maximum atomic E-state index is 14.6. The number of nitrogens with one attached hydrogen (secondary N) is 1. The van der Waals surface area contributed by atoms with E-state index in [0.29, 0.717) is 11.3 Å². The average molecular weight is 488 g/mol. The van der Waals surface area contributed by atoms with Crippen LogP contribution in [0.25, 0.3) is 0 Å². The molecule has 6 nitrogen and oxygen atoms in total. The number of halogens is 3. The zero-order valence-corrected chi connectivity index (χ0v) is 18.7. The molecule has 1 amide bonds. The second-order valence-electron chi connectivity index (χ2n) is 7.48. The summed E-state index contributed by atoms with van der Waals surface area (Å²) < 4.78 is 73.7. The Kier molecular flexibility index (Phi) is 7.58. The third kappa shape index (κ3) is 5.74. The molecule has 0 unspecified atom stereocenters. The SMILES string of the molecule is C[C@H](COC(=O)Nc1ccc(C#N)cc1)[C@@H](c1cc(F)ccc1F)S(=O)(=O)c1ccc(F)cc1. The highest BCUT2D eigenvalue weighted by atomic mass is 32.2. The minimum Gasteiger partial charge on any atom is -0.449 e. The number of hydrogen-bond acceptors (Lipinski definition) is 5. The van der Waals surface area contributed by atoms with Gasteiger partial charge in [0.05, 0.1) is 28.4 Å². The number of sulfone groups is 1. The van der Waals surface area contributed by atoms with Crippen LogP contribution in [0, 0.1) is 34.7 Å². The van der Waals surface area contributed by atoms with Crippen LogP contribution in [-0.4, -0.2) is 21.1 Å². The van der Waals surface area contributed by atoms with E-state index in [1.807, 2.05) is 6.07 Å². The van der Waals surface area contributed by atoms with Crippen molar-refractivity contribution in [1.82, 2.24) is 0 Å². The molecule has 176 valence electrons. The molecule has 0 fully saturated rings. The number of hydrogen-bond donors (Lipinski definition) is 1. The van der Waals surface area contributed by atoms with Crippen molar-refractivity contribution in [2.24, 2.45) is 5.92 Å². The minimum atomic E-state index is -4.34. The van der Waals surface area contributed by atoms with Crippen molar-refractivity contribution in [3.8, 4) is 6.07 Å². The number of nitriles is 1. The molecule has 0 spiro atoms. The fourth-order valence-electron chi connectivity index (χ4n) is 3.36. The zero-order chi connectivity index (χ0) is 24.9. The summed E-state index contributed by atoms with van der Waals surface area (Å²) in [4.78, 5) is 11.9. The van der Waals surface area contributed by atoms with Crippen LogP contribution in [0.2, 0.25) is 0 Å². The van der Waals surface area contributed by atoms with Crippen molar-refractivity contribution in [2.75, 3.05) is 11.9 Å². The second-order valence-corrected chi connectivity index (χ2v) is 9.54. The van der Waals surface area contributed by atoms with Crippen molar-refractivity contribution in [3.05, 3.63) is 95.3 Å². The van der Waals surface area contributed by atoms with E-state index in [4.69, 9.17) is 10.00 Å².